The zero-order chi connectivity index (χ0) is 17.3. The van der Waals surface area contributed by atoms with Gasteiger partial charge in [-0.15, -0.1) is 0 Å². The van der Waals surface area contributed by atoms with Gasteiger partial charge < -0.3 is 18.8 Å². The van der Waals surface area contributed by atoms with Crippen molar-refractivity contribution in [2.75, 3.05) is 20.8 Å². The number of carbonyl (C=O) groups excluding carboxylic acids is 1. The van der Waals surface area contributed by atoms with Crippen LogP contribution in [0.4, 0.5) is 0 Å². The van der Waals surface area contributed by atoms with Crippen LogP contribution in [0, 0.1) is 0 Å². The van der Waals surface area contributed by atoms with Crippen molar-refractivity contribution in [3.8, 4) is 11.5 Å². The lowest BCUT2D eigenvalue weighted by molar-refractivity contribution is 0.0525. The van der Waals surface area contributed by atoms with Gasteiger partial charge in [0.25, 0.3) is 5.56 Å². The summed E-state index contributed by atoms with van der Waals surface area (Å²) in [7, 11) is 3.05. The molecule has 24 heavy (non-hydrogen) atoms. The topological polar surface area (TPSA) is 66.8 Å². The Hall–Kier alpha value is -2.50. The number of hydrogen-bond donors (Lipinski definition) is 0. The van der Waals surface area contributed by atoms with Gasteiger partial charge in [0.1, 0.15) is 0 Å². The lowest BCUT2D eigenvalue weighted by atomic mass is 9.97. The van der Waals surface area contributed by atoms with E-state index >= 15 is 0 Å². The molecule has 0 amide bonds. The van der Waals surface area contributed by atoms with Gasteiger partial charge in [-0.3, -0.25) is 4.79 Å². The molecule has 1 aromatic heterocycles. The third-order valence-corrected chi connectivity index (χ3v) is 4.41. The molecule has 0 spiro atoms. The maximum atomic E-state index is 12.9. The largest absolute Gasteiger partial charge is 0.493 e. The van der Waals surface area contributed by atoms with E-state index in [0.717, 1.165) is 18.5 Å². The average molecular weight is 331 g/mol. The van der Waals surface area contributed by atoms with Gasteiger partial charge in [0.15, 0.2) is 11.5 Å². The van der Waals surface area contributed by atoms with Crippen molar-refractivity contribution >= 4 is 16.7 Å². The Labute approximate surface area is 139 Å². The van der Waals surface area contributed by atoms with E-state index in [0.29, 0.717) is 40.8 Å². The van der Waals surface area contributed by atoms with Crippen molar-refractivity contribution in [3.05, 3.63) is 33.7 Å². The molecule has 1 aromatic carbocycles. The highest BCUT2D eigenvalue weighted by Crippen LogP contribution is 2.34. The maximum Gasteiger partial charge on any atom is 0.340 e. The van der Waals surface area contributed by atoms with Gasteiger partial charge >= 0.3 is 5.97 Å². The molecule has 0 atom stereocenters. The summed E-state index contributed by atoms with van der Waals surface area (Å²) < 4.78 is 17.6. The van der Waals surface area contributed by atoms with Crippen LogP contribution in [0.15, 0.2) is 16.9 Å². The first-order valence-electron chi connectivity index (χ1n) is 8.10. The van der Waals surface area contributed by atoms with Crippen LogP contribution in [0.3, 0.4) is 0 Å². The van der Waals surface area contributed by atoms with E-state index in [-0.39, 0.29) is 12.2 Å². The number of methoxy groups -OCH3 is 2. The molecule has 0 radical (unpaired) electrons. The van der Waals surface area contributed by atoms with E-state index in [4.69, 9.17) is 14.2 Å². The number of carbonyl (C=O) groups is 1. The summed E-state index contributed by atoms with van der Waals surface area (Å²) in [6.45, 7) is 2.67. The summed E-state index contributed by atoms with van der Waals surface area (Å²) in [4.78, 5) is 25.5. The summed E-state index contributed by atoms with van der Waals surface area (Å²) in [5.74, 6) is 0.546. The number of ether oxygens (including phenoxy) is 3. The number of fused-ring (bicyclic) bond motifs is 2. The number of aromatic nitrogens is 1. The van der Waals surface area contributed by atoms with Crippen molar-refractivity contribution in [3.63, 3.8) is 0 Å². The lowest BCUT2D eigenvalue weighted by Gasteiger charge is -2.23. The van der Waals surface area contributed by atoms with Gasteiger partial charge in [0.05, 0.1) is 31.8 Å². The van der Waals surface area contributed by atoms with Crippen LogP contribution in [-0.4, -0.2) is 31.4 Å². The quantitative estimate of drug-likeness (QED) is 0.806. The number of rotatable bonds is 4. The maximum absolute atomic E-state index is 12.9. The molecule has 0 saturated carbocycles. The fourth-order valence-electron chi connectivity index (χ4n) is 3.31. The van der Waals surface area contributed by atoms with Crippen LogP contribution in [0.25, 0.3) is 10.8 Å². The van der Waals surface area contributed by atoms with Crippen molar-refractivity contribution in [1.29, 1.82) is 0 Å². The minimum Gasteiger partial charge on any atom is -0.493 e. The Morgan fingerprint density at radius 1 is 1.12 bits per heavy atom. The highest BCUT2D eigenvalue weighted by molar-refractivity contribution is 6.06. The Morgan fingerprint density at radius 2 is 1.79 bits per heavy atom. The monoisotopic (exact) mass is 331 g/mol. The molecule has 128 valence electrons. The highest BCUT2D eigenvalue weighted by atomic mass is 16.5. The summed E-state index contributed by atoms with van der Waals surface area (Å²) in [6, 6.07) is 3.33. The average Bonchev–Trinajstić information content (AvgIpc) is 2.61. The smallest absolute Gasteiger partial charge is 0.340 e. The van der Waals surface area contributed by atoms with E-state index in [1.54, 1.807) is 23.6 Å². The molecule has 6 nitrogen and oxygen atoms in total. The molecule has 0 aliphatic carbocycles. The van der Waals surface area contributed by atoms with E-state index in [1.165, 1.54) is 14.2 Å². The lowest BCUT2D eigenvalue weighted by Crippen LogP contribution is -2.30. The van der Waals surface area contributed by atoms with Crippen LogP contribution in [-0.2, 0) is 17.7 Å². The standard InChI is InChI=1S/C18H21NO5/c1-4-24-18(21)16-11-9-14(22-2)15(23-3)10-12(11)17(20)19-8-6-5-7-13(16)19/h9-10H,4-8H2,1-3H3. The second-order valence-electron chi connectivity index (χ2n) is 5.71. The minimum absolute atomic E-state index is 0.103. The van der Waals surface area contributed by atoms with E-state index in [1.807, 2.05) is 0 Å². The van der Waals surface area contributed by atoms with Crippen LogP contribution in [0.2, 0.25) is 0 Å². The third-order valence-electron chi connectivity index (χ3n) is 4.41. The van der Waals surface area contributed by atoms with Crippen molar-refractivity contribution in [2.24, 2.45) is 0 Å². The second-order valence-corrected chi connectivity index (χ2v) is 5.71. The van der Waals surface area contributed by atoms with Crippen molar-refractivity contribution < 1.29 is 19.0 Å². The van der Waals surface area contributed by atoms with Gasteiger partial charge in [-0.05, 0) is 38.3 Å². The zero-order valence-electron chi connectivity index (χ0n) is 14.2. The van der Waals surface area contributed by atoms with Crippen LogP contribution in [0.1, 0.15) is 35.8 Å². The number of benzene rings is 1. The van der Waals surface area contributed by atoms with Gasteiger partial charge in [-0.1, -0.05) is 0 Å². The van der Waals surface area contributed by atoms with Crippen LogP contribution >= 0.6 is 0 Å². The molecule has 0 saturated heterocycles. The number of hydrogen-bond acceptors (Lipinski definition) is 5. The van der Waals surface area contributed by atoms with E-state index in [9.17, 15) is 9.59 Å². The first-order valence-corrected chi connectivity index (χ1v) is 8.10. The first kappa shape index (κ1) is 16.4. The van der Waals surface area contributed by atoms with Crippen LogP contribution < -0.4 is 15.0 Å². The third kappa shape index (κ3) is 2.52. The second kappa shape index (κ2) is 6.55. The molecule has 2 heterocycles. The van der Waals surface area contributed by atoms with Gasteiger partial charge in [-0.2, -0.15) is 0 Å². The fraction of sp³-hybridized carbons (Fsp3) is 0.444. The highest BCUT2D eigenvalue weighted by Gasteiger charge is 2.25. The molecule has 0 N–H and O–H groups in total. The van der Waals surface area contributed by atoms with Crippen LogP contribution in [0.5, 0.6) is 11.5 Å². The van der Waals surface area contributed by atoms with Crippen molar-refractivity contribution in [2.45, 2.75) is 32.7 Å². The van der Waals surface area contributed by atoms with Gasteiger partial charge in [0, 0.05) is 17.6 Å². The predicted octanol–water partition coefficient (Wildman–Crippen LogP) is 2.53. The van der Waals surface area contributed by atoms with Gasteiger partial charge in [0.2, 0.25) is 0 Å². The predicted molar refractivity (Wildman–Crippen MR) is 90.2 cm³/mol. The molecule has 2 aromatic rings. The number of nitrogens with zero attached hydrogens (tertiary/aromatic N) is 1. The van der Waals surface area contributed by atoms with E-state index < -0.39 is 5.97 Å². The van der Waals surface area contributed by atoms with Gasteiger partial charge in [-0.25, -0.2) is 4.79 Å². The first-order chi connectivity index (χ1) is 11.6. The molecule has 0 unspecified atom stereocenters. The molecule has 1 aliphatic heterocycles. The molecule has 1 aliphatic rings. The molecular weight excluding hydrogens is 310 g/mol. The van der Waals surface area contributed by atoms with E-state index in [2.05, 4.69) is 0 Å². The normalized spacial score (nSPS) is 13.5. The number of pyridine rings is 1. The Morgan fingerprint density at radius 3 is 2.42 bits per heavy atom. The molecule has 0 fully saturated rings. The molecular formula is C18H21NO5. The summed E-state index contributed by atoms with van der Waals surface area (Å²) in [6.07, 6.45) is 2.56. The zero-order valence-corrected chi connectivity index (χ0v) is 14.2. The summed E-state index contributed by atoms with van der Waals surface area (Å²) >= 11 is 0. The molecule has 6 heteroatoms. The SMILES string of the molecule is CCOC(=O)c1c2n(c(=O)c3cc(OC)c(OC)cc13)CCCC2. The Kier molecular flexibility index (Phi) is 4.46. The molecule has 0 bridgehead atoms. The summed E-state index contributed by atoms with van der Waals surface area (Å²) in [5.41, 5.74) is 1.12. The summed E-state index contributed by atoms with van der Waals surface area (Å²) in [5, 5.41) is 1.01. The fourth-order valence-corrected chi connectivity index (χ4v) is 3.31. The Bertz CT molecular complexity index is 853. The minimum atomic E-state index is -0.402. The number of esters is 1. The Balaban J connectivity index is 2.42. The molecule has 3 rings (SSSR count). The van der Waals surface area contributed by atoms with Crippen molar-refractivity contribution in [1.82, 2.24) is 4.57 Å².